The van der Waals surface area contributed by atoms with Gasteiger partial charge >= 0.3 is 5.97 Å². The fourth-order valence-corrected chi connectivity index (χ4v) is 3.13. The number of hydrogen-bond acceptors (Lipinski definition) is 6. The molecule has 1 amide bonds. The molecule has 0 bridgehead atoms. The van der Waals surface area contributed by atoms with Gasteiger partial charge in [-0.1, -0.05) is 0 Å². The Morgan fingerprint density at radius 3 is 2.95 bits per heavy atom. The Labute approximate surface area is 128 Å². The first kappa shape index (κ1) is 14.8. The number of rotatable bonds is 3. The van der Waals surface area contributed by atoms with Gasteiger partial charge in [0.15, 0.2) is 0 Å². The van der Waals surface area contributed by atoms with Crippen molar-refractivity contribution in [1.29, 1.82) is 0 Å². The molecule has 7 nitrogen and oxygen atoms in total. The molecule has 3 heterocycles. The number of hydrogen-bond donors (Lipinski definition) is 3. The molecule has 1 aromatic heterocycles. The van der Waals surface area contributed by atoms with E-state index in [-0.39, 0.29) is 41.3 Å². The molecule has 1 atom stereocenters. The summed E-state index contributed by atoms with van der Waals surface area (Å²) >= 11 is 0. The van der Waals surface area contributed by atoms with E-state index < -0.39 is 0 Å². The van der Waals surface area contributed by atoms with Gasteiger partial charge in [0.05, 0.1) is 23.7 Å². The smallest absolute Gasteiger partial charge is 0.312 e. The molecule has 1 unspecified atom stereocenters. The zero-order valence-electron chi connectivity index (χ0n) is 12.2. The molecule has 0 saturated carbocycles. The first-order chi connectivity index (χ1) is 10.6. The highest BCUT2D eigenvalue weighted by Crippen LogP contribution is 2.41. The molecule has 22 heavy (non-hydrogen) atoms. The number of piperidine rings is 1. The van der Waals surface area contributed by atoms with Crippen LogP contribution in [0.5, 0.6) is 5.75 Å². The van der Waals surface area contributed by atoms with Gasteiger partial charge in [0.2, 0.25) is 0 Å². The van der Waals surface area contributed by atoms with Crippen molar-refractivity contribution in [1.82, 2.24) is 15.6 Å². The molecule has 118 valence electrons. The predicted octanol–water partition coefficient (Wildman–Crippen LogP) is 0.202. The molecule has 2 aliphatic rings. The monoisotopic (exact) mass is 305 g/mol. The van der Waals surface area contributed by atoms with Crippen LogP contribution in [-0.4, -0.2) is 47.7 Å². The van der Waals surface area contributed by atoms with E-state index >= 15 is 0 Å². The lowest BCUT2D eigenvalue weighted by Crippen LogP contribution is -2.39. The predicted molar refractivity (Wildman–Crippen MR) is 77.3 cm³/mol. The number of amides is 1. The third-order valence-corrected chi connectivity index (χ3v) is 4.36. The number of ether oxygens (including phenoxy) is 1. The van der Waals surface area contributed by atoms with Gasteiger partial charge in [0.25, 0.3) is 5.91 Å². The Bertz CT molecular complexity index is 584. The minimum atomic E-state index is -0.382. The molecule has 1 aromatic rings. The highest BCUT2D eigenvalue weighted by Gasteiger charge is 2.49. The van der Waals surface area contributed by atoms with Crippen LogP contribution in [0.3, 0.4) is 0 Å². The maximum Gasteiger partial charge on any atom is 0.312 e. The summed E-state index contributed by atoms with van der Waals surface area (Å²) in [5, 5.41) is 15.3. The first-order valence-electron chi connectivity index (χ1n) is 7.43. The average molecular weight is 305 g/mol. The molecular weight excluding hydrogens is 286 g/mol. The van der Waals surface area contributed by atoms with Crippen molar-refractivity contribution in [2.45, 2.75) is 25.4 Å². The second-order valence-corrected chi connectivity index (χ2v) is 5.90. The van der Waals surface area contributed by atoms with Crippen LogP contribution in [0.25, 0.3) is 0 Å². The Hall–Kier alpha value is -2.15. The van der Waals surface area contributed by atoms with Crippen LogP contribution in [0.1, 0.15) is 29.6 Å². The topological polar surface area (TPSA) is 101 Å². The number of carbonyl (C=O) groups is 2. The minimum absolute atomic E-state index is 0.0615. The van der Waals surface area contributed by atoms with E-state index in [0.29, 0.717) is 6.42 Å². The van der Waals surface area contributed by atoms with E-state index in [9.17, 15) is 14.7 Å². The largest absolute Gasteiger partial charge is 0.506 e. The molecule has 0 radical (unpaired) electrons. The highest BCUT2D eigenvalue weighted by molar-refractivity contribution is 5.94. The number of esters is 1. The summed E-state index contributed by atoms with van der Waals surface area (Å²) in [7, 11) is 0. The van der Waals surface area contributed by atoms with Gasteiger partial charge in [-0.3, -0.25) is 14.6 Å². The van der Waals surface area contributed by atoms with Gasteiger partial charge in [0.1, 0.15) is 11.9 Å². The van der Waals surface area contributed by atoms with Crippen molar-refractivity contribution in [2.75, 3.05) is 19.6 Å². The van der Waals surface area contributed by atoms with E-state index in [1.54, 1.807) is 0 Å². The molecule has 2 aliphatic heterocycles. The molecule has 7 heteroatoms. The van der Waals surface area contributed by atoms with Gasteiger partial charge < -0.3 is 20.5 Å². The lowest BCUT2D eigenvalue weighted by atomic mass is 9.76. The van der Waals surface area contributed by atoms with Crippen molar-refractivity contribution in [3.05, 3.63) is 24.0 Å². The fourth-order valence-electron chi connectivity index (χ4n) is 3.13. The molecule has 0 aliphatic carbocycles. The number of aromatic nitrogens is 1. The summed E-state index contributed by atoms with van der Waals surface area (Å²) in [4.78, 5) is 27.9. The van der Waals surface area contributed by atoms with E-state index in [0.717, 1.165) is 25.9 Å². The molecule has 0 aromatic carbocycles. The Kier molecular flexibility index (Phi) is 3.98. The van der Waals surface area contributed by atoms with Gasteiger partial charge in [-0.25, -0.2) is 0 Å². The van der Waals surface area contributed by atoms with Crippen molar-refractivity contribution in [3.63, 3.8) is 0 Å². The molecule has 2 saturated heterocycles. The summed E-state index contributed by atoms with van der Waals surface area (Å²) in [6.45, 7) is 1.92. The normalized spacial score (nSPS) is 23.3. The van der Waals surface area contributed by atoms with Gasteiger partial charge in [0, 0.05) is 12.6 Å². The van der Waals surface area contributed by atoms with Crippen LogP contribution < -0.4 is 10.6 Å². The zero-order chi connectivity index (χ0) is 15.6. The van der Waals surface area contributed by atoms with E-state index in [1.807, 2.05) is 0 Å². The van der Waals surface area contributed by atoms with Gasteiger partial charge in [-0.15, -0.1) is 0 Å². The average Bonchev–Trinajstić information content (AvgIpc) is 2.81. The van der Waals surface area contributed by atoms with Gasteiger partial charge in [-0.2, -0.15) is 0 Å². The molecular formula is C15H19N3O4. The standard InChI is InChI=1S/C15H19N3O4/c19-11-5-10(7-17-8-11)13(20)18-9-12-6-15(14(21)22-12)1-3-16-4-2-15/h5,7-8,12,16,19H,1-4,6,9H2,(H,18,20). The summed E-state index contributed by atoms with van der Waals surface area (Å²) in [6.07, 6.45) is 4.56. The van der Waals surface area contributed by atoms with Crippen molar-refractivity contribution >= 4 is 11.9 Å². The Balaban J connectivity index is 1.56. The quantitative estimate of drug-likeness (QED) is 0.690. The number of aromatic hydroxyl groups is 1. The highest BCUT2D eigenvalue weighted by atomic mass is 16.6. The van der Waals surface area contributed by atoms with E-state index in [2.05, 4.69) is 15.6 Å². The lowest BCUT2D eigenvalue weighted by Gasteiger charge is -2.29. The van der Waals surface area contributed by atoms with E-state index in [1.165, 1.54) is 18.5 Å². The number of cyclic esters (lactones) is 1. The molecule has 2 fully saturated rings. The molecule has 3 rings (SSSR count). The maximum absolute atomic E-state index is 12.1. The number of carbonyl (C=O) groups excluding carboxylic acids is 2. The summed E-state index contributed by atoms with van der Waals surface area (Å²) < 4.78 is 5.42. The van der Waals surface area contributed by atoms with Crippen molar-refractivity contribution in [3.8, 4) is 5.75 Å². The van der Waals surface area contributed by atoms with Crippen LogP contribution in [0.15, 0.2) is 18.5 Å². The molecule has 3 N–H and O–H groups in total. The Morgan fingerprint density at radius 2 is 2.23 bits per heavy atom. The van der Waals surface area contributed by atoms with Gasteiger partial charge in [-0.05, 0) is 32.0 Å². The van der Waals surface area contributed by atoms with Crippen LogP contribution in [-0.2, 0) is 9.53 Å². The second kappa shape index (κ2) is 5.92. The number of pyridine rings is 1. The van der Waals surface area contributed by atoms with Crippen LogP contribution >= 0.6 is 0 Å². The number of nitrogens with zero attached hydrogens (tertiary/aromatic N) is 1. The first-order valence-corrected chi connectivity index (χ1v) is 7.43. The Morgan fingerprint density at radius 1 is 1.45 bits per heavy atom. The summed E-state index contributed by atoms with van der Waals surface area (Å²) in [5.74, 6) is -0.549. The van der Waals surface area contributed by atoms with E-state index in [4.69, 9.17) is 4.74 Å². The number of nitrogens with one attached hydrogen (secondary N) is 2. The second-order valence-electron chi connectivity index (χ2n) is 5.90. The lowest BCUT2D eigenvalue weighted by molar-refractivity contribution is -0.149. The maximum atomic E-state index is 12.1. The molecule has 1 spiro atoms. The van der Waals surface area contributed by atoms with Crippen LogP contribution in [0, 0.1) is 5.41 Å². The third kappa shape index (κ3) is 2.89. The van der Waals surface area contributed by atoms with Crippen LogP contribution in [0.4, 0.5) is 0 Å². The fraction of sp³-hybridized carbons (Fsp3) is 0.533. The summed E-state index contributed by atoms with van der Waals surface area (Å²) in [5.41, 5.74) is -0.103. The van der Waals surface area contributed by atoms with Crippen molar-refractivity contribution in [2.24, 2.45) is 5.41 Å². The minimum Gasteiger partial charge on any atom is -0.506 e. The SMILES string of the molecule is O=C(NCC1CC2(CCNCC2)C(=O)O1)c1cncc(O)c1. The van der Waals surface area contributed by atoms with Crippen LogP contribution in [0.2, 0.25) is 0 Å². The van der Waals surface area contributed by atoms with Crippen molar-refractivity contribution < 1.29 is 19.4 Å². The zero-order valence-corrected chi connectivity index (χ0v) is 12.2. The summed E-state index contributed by atoms with van der Waals surface area (Å²) in [6, 6.07) is 1.34. The third-order valence-electron chi connectivity index (χ3n) is 4.36.